The number of pyridine rings is 2. The van der Waals surface area contributed by atoms with Gasteiger partial charge in [-0.15, -0.1) is 0 Å². The molecule has 0 radical (unpaired) electrons. The third-order valence-electron chi connectivity index (χ3n) is 6.22. The number of nitrogens with two attached hydrogens (primary N) is 1. The molecule has 5 rings (SSSR count). The van der Waals surface area contributed by atoms with Crippen LogP contribution in [0.4, 0.5) is 0 Å². The highest BCUT2D eigenvalue weighted by Crippen LogP contribution is 2.33. The van der Waals surface area contributed by atoms with E-state index < -0.39 is 5.91 Å². The number of hydrogen-bond donors (Lipinski definition) is 1. The van der Waals surface area contributed by atoms with Gasteiger partial charge in [-0.05, 0) is 28.7 Å². The van der Waals surface area contributed by atoms with Crippen LogP contribution in [0.3, 0.4) is 0 Å². The summed E-state index contributed by atoms with van der Waals surface area (Å²) < 4.78 is 2.35. The number of piperazine rings is 1. The second kappa shape index (κ2) is 10.4. The van der Waals surface area contributed by atoms with Gasteiger partial charge in [0, 0.05) is 55.4 Å². The van der Waals surface area contributed by atoms with Crippen molar-refractivity contribution in [2.75, 3.05) is 26.2 Å². The van der Waals surface area contributed by atoms with Gasteiger partial charge in [0.2, 0.25) is 0 Å². The fraction of sp³-hybridized carbons (Fsp3) is 0.179. The first kappa shape index (κ1) is 23.2. The Balaban J connectivity index is 1.46. The van der Waals surface area contributed by atoms with E-state index >= 15 is 0 Å². The fourth-order valence-electron chi connectivity index (χ4n) is 4.39. The first-order chi connectivity index (χ1) is 17.1. The van der Waals surface area contributed by atoms with Crippen molar-refractivity contribution in [2.24, 2.45) is 5.73 Å². The highest BCUT2D eigenvalue weighted by molar-refractivity contribution is 7.99. The molecule has 4 aromatic rings. The molecule has 0 atom stereocenters. The number of carbonyl (C=O) groups is 1. The van der Waals surface area contributed by atoms with Crippen molar-refractivity contribution < 1.29 is 4.79 Å². The van der Waals surface area contributed by atoms with Gasteiger partial charge in [-0.1, -0.05) is 73.1 Å². The molecule has 6 nitrogen and oxygen atoms in total. The van der Waals surface area contributed by atoms with Gasteiger partial charge in [-0.2, -0.15) is 0 Å². The van der Waals surface area contributed by atoms with Crippen molar-refractivity contribution in [1.29, 1.82) is 0 Å². The Hall–Kier alpha value is -3.52. The number of hydrogen-bond acceptors (Lipinski definition) is 6. The molecule has 35 heavy (non-hydrogen) atoms. The lowest BCUT2D eigenvalue weighted by atomic mass is 9.97. The lowest BCUT2D eigenvalue weighted by Crippen LogP contribution is -2.42. The highest BCUT2D eigenvalue weighted by atomic mass is 32.2. The van der Waals surface area contributed by atoms with Crippen molar-refractivity contribution in [3.05, 3.63) is 96.2 Å². The van der Waals surface area contributed by atoms with Crippen molar-refractivity contribution in [2.45, 2.75) is 6.54 Å². The number of aromatic nitrogens is 2. The molecular weight excluding hydrogens is 454 g/mol. The van der Waals surface area contributed by atoms with Gasteiger partial charge in [-0.3, -0.25) is 14.7 Å². The van der Waals surface area contributed by atoms with Gasteiger partial charge in [0.15, 0.2) is 0 Å². The van der Waals surface area contributed by atoms with Crippen LogP contribution < -0.4 is 5.73 Å². The van der Waals surface area contributed by atoms with E-state index in [1.54, 1.807) is 24.2 Å². The molecule has 176 valence electrons. The molecule has 2 aromatic heterocycles. The minimum Gasteiger partial charge on any atom is -0.364 e. The van der Waals surface area contributed by atoms with Crippen LogP contribution in [0.1, 0.15) is 16.1 Å². The summed E-state index contributed by atoms with van der Waals surface area (Å²) in [5.41, 5.74) is 11.6. The number of nitrogens with zero attached hydrogens (tertiary/aromatic N) is 4. The maximum absolute atomic E-state index is 11.7. The summed E-state index contributed by atoms with van der Waals surface area (Å²) in [5, 5.41) is 2.76. The minimum absolute atomic E-state index is 0.213. The van der Waals surface area contributed by atoms with Crippen LogP contribution >= 0.6 is 11.9 Å². The number of fused-ring (bicyclic) bond motifs is 1. The van der Waals surface area contributed by atoms with E-state index in [0.717, 1.165) is 60.5 Å². The summed E-state index contributed by atoms with van der Waals surface area (Å²) in [6.45, 7) is 8.91. The highest BCUT2D eigenvalue weighted by Gasteiger charge is 2.17. The summed E-state index contributed by atoms with van der Waals surface area (Å²) in [5.74, 6) is -0.560. The van der Waals surface area contributed by atoms with E-state index in [1.807, 2.05) is 23.6 Å². The van der Waals surface area contributed by atoms with Crippen LogP contribution in [0.15, 0.2) is 84.9 Å². The molecule has 0 saturated carbocycles. The molecule has 0 spiro atoms. The number of primary amides is 1. The third-order valence-corrected chi connectivity index (χ3v) is 7.04. The Morgan fingerprint density at radius 1 is 1.00 bits per heavy atom. The standard InChI is InChI=1S/C28H27N5OS/c1-2-35-33-14-12-32(13-15-33)19-20-8-10-22(11-9-20)27-24(21-6-4-3-5-7-21)16-23-18-30-26(28(29)34)17-25(23)31-27/h2-11,16-18H,1,12-15,19H2,(H2,29,34). The molecule has 1 fully saturated rings. The Bertz CT molecular complexity index is 1350. The zero-order valence-electron chi connectivity index (χ0n) is 19.4. The average molecular weight is 482 g/mol. The van der Waals surface area contributed by atoms with E-state index in [1.165, 1.54) is 5.56 Å². The van der Waals surface area contributed by atoms with E-state index in [9.17, 15) is 4.79 Å². The van der Waals surface area contributed by atoms with Crippen LogP contribution in [-0.4, -0.2) is 51.3 Å². The van der Waals surface area contributed by atoms with Gasteiger partial charge in [0.05, 0.1) is 11.2 Å². The van der Waals surface area contributed by atoms with Crippen LogP contribution in [0.2, 0.25) is 0 Å². The molecule has 7 heteroatoms. The molecule has 1 aliphatic heterocycles. The molecule has 1 saturated heterocycles. The SMILES string of the molecule is C=CSN1CCN(Cc2ccc(-c3nc4cc(C(N)=O)ncc4cc3-c3ccccc3)cc2)CC1. The minimum atomic E-state index is -0.560. The first-order valence-corrected chi connectivity index (χ1v) is 12.4. The number of amides is 1. The largest absolute Gasteiger partial charge is 0.364 e. The lowest BCUT2D eigenvalue weighted by Gasteiger charge is -2.33. The quantitative estimate of drug-likeness (QED) is 0.376. The van der Waals surface area contributed by atoms with E-state index in [4.69, 9.17) is 10.7 Å². The topological polar surface area (TPSA) is 75.3 Å². The maximum atomic E-state index is 11.7. The predicted octanol–water partition coefficient (Wildman–Crippen LogP) is 4.97. The summed E-state index contributed by atoms with van der Waals surface area (Å²) in [4.78, 5) is 23.3. The smallest absolute Gasteiger partial charge is 0.267 e. The number of rotatable bonds is 7. The van der Waals surface area contributed by atoms with Crippen LogP contribution in [-0.2, 0) is 6.54 Å². The maximum Gasteiger partial charge on any atom is 0.267 e. The number of benzene rings is 2. The zero-order valence-corrected chi connectivity index (χ0v) is 20.2. The summed E-state index contributed by atoms with van der Waals surface area (Å²) in [6, 6.07) is 22.6. The van der Waals surface area contributed by atoms with Crippen LogP contribution in [0.25, 0.3) is 33.3 Å². The lowest BCUT2D eigenvalue weighted by molar-refractivity contribution is 0.0995. The van der Waals surface area contributed by atoms with Crippen molar-refractivity contribution in [1.82, 2.24) is 19.2 Å². The Morgan fingerprint density at radius 3 is 2.43 bits per heavy atom. The van der Waals surface area contributed by atoms with Gasteiger partial charge in [0.1, 0.15) is 5.69 Å². The Morgan fingerprint density at radius 2 is 1.74 bits per heavy atom. The van der Waals surface area contributed by atoms with Gasteiger partial charge in [-0.25, -0.2) is 9.29 Å². The van der Waals surface area contributed by atoms with E-state index in [2.05, 4.69) is 63.2 Å². The first-order valence-electron chi connectivity index (χ1n) is 11.6. The van der Waals surface area contributed by atoms with Crippen LogP contribution in [0, 0.1) is 0 Å². The van der Waals surface area contributed by atoms with Gasteiger partial charge < -0.3 is 5.73 Å². The monoisotopic (exact) mass is 481 g/mol. The molecule has 0 aliphatic carbocycles. The molecule has 2 aromatic carbocycles. The average Bonchev–Trinajstić information content (AvgIpc) is 2.90. The summed E-state index contributed by atoms with van der Waals surface area (Å²) in [7, 11) is 0. The molecular formula is C28H27N5OS. The molecule has 0 unspecified atom stereocenters. The van der Waals surface area contributed by atoms with E-state index in [-0.39, 0.29) is 5.69 Å². The molecule has 1 aliphatic rings. The van der Waals surface area contributed by atoms with E-state index in [0.29, 0.717) is 5.52 Å². The van der Waals surface area contributed by atoms with Crippen molar-refractivity contribution >= 4 is 28.8 Å². The predicted molar refractivity (Wildman–Crippen MR) is 144 cm³/mol. The number of carbonyl (C=O) groups excluding carboxylic acids is 1. The third kappa shape index (κ3) is 5.27. The Kier molecular flexibility index (Phi) is 6.90. The van der Waals surface area contributed by atoms with Crippen molar-refractivity contribution in [3.63, 3.8) is 0 Å². The van der Waals surface area contributed by atoms with Gasteiger partial charge in [0.25, 0.3) is 5.91 Å². The van der Waals surface area contributed by atoms with Crippen molar-refractivity contribution in [3.8, 4) is 22.4 Å². The van der Waals surface area contributed by atoms with Crippen LogP contribution in [0.5, 0.6) is 0 Å². The fourth-order valence-corrected chi connectivity index (χ4v) is 4.97. The summed E-state index contributed by atoms with van der Waals surface area (Å²) >= 11 is 1.70. The molecule has 0 bridgehead atoms. The molecule has 1 amide bonds. The normalized spacial score (nSPS) is 14.7. The zero-order chi connectivity index (χ0) is 24.2. The second-order valence-electron chi connectivity index (χ2n) is 8.55. The second-order valence-corrected chi connectivity index (χ2v) is 9.61. The molecule has 3 heterocycles. The molecule has 2 N–H and O–H groups in total. The summed E-state index contributed by atoms with van der Waals surface area (Å²) in [6.07, 6.45) is 1.66. The van der Waals surface area contributed by atoms with Gasteiger partial charge >= 0.3 is 0 Å². The Labute approximate surface area is 209 Å².